The molecule has 19 heavy (non-hydrogen) atoms. The van der Waals surface area contributed by atoms with Gasteiger partial charge in [-0.3, -0.25) is 0 Å². The van der Waals surface area contributed by atoms with Crippen molar-refractivity contribution in [1.29, 1.82) is 0 Å². The standard InChI is InChI=1S/C18H29N/c1-13-10-15(3)17(16(4)11-13)12-19-18-9-7-5-6-8-14(18)2/h10-11,14,18-19H,5-9,12H2,1-4H3. The Balaban J connectivity index is 2.01. The number of benzene rings is 1. The van der Waals surface area contributed by atoms with Crippen molar-refractivity contribution in [2.75, 3.05) is 0 Å². The Labute approximate surface area is 118 Å². The Kier molecular flexibility index (Phi) is 5.04. The van der Waals surface area contributed by atoms with Crippen LogP contribution >= 0.6 is 0 Å². The molecule has 1 N–H and O–H groups in total. The number of rotatable bonds is 3. The highest BCUT2D eigenvalue weighted by Crippen LogP contribution is 2.24. The van der Waals surface area contributed by atoms with Crippen LogP contribution in [-0.2, 0) is 6.54 Å². The first-order valence-electron chi connectivity index (χ1n) is 7.88. The minimum atomic E-state index is 0.711. The highest BCUT2D eigenvalue weighted by molar-refractivity contribution is 5.37. The van der Waals surface area contributed by atoms with Gasteiger partial charge in [0, 0.05) is 12.6 Å². The van der Waals surface area contributed by atoms with Gasteiger partial charge in [0.15, 0.2) is 0 Å². The van der Waals surface area contributed by atoms with Crippen LogP contribution in [0, 0.1) is 26.7 Å². The molecule has 0 aliphatic heterocycles. The normalized spacial score (nSPS) is 24.2. The first kappa shape index (κ1) is 14.6. The molecule has 0 heterocycles. The Morgan fingerprint density at radius 3 is 2.32 bits per heavy atom. The van der Waals surface area contributed by atoms with Gasteiger partial charge in [-0.15, -0.1) is 0 Å². The summed E-state index contributed by atoms with van der Waals surface area (Å²) in [7, 11) is 0. The average molecular weight is 259 g/mol. The van der Waals surface area contributed by atoms with Crippen LogP contribution in [0.15, 0.2) is 12.1 Å². The highest BCUT2D eigenvalue weighted by atomic mass is 14.9. The molecule has 0 bridgehead atoms. The summed E-state index contributed by atoms with van der Waals surface area (Å²) in [5.41, 5.74) is 5.75. The van der Waals surface area contributed by atoms with E-state index in [1.54, 1.807) is 0 Å². The number of hydrogen-bond donors (Lipinski definition) is 1. The zero-order valence-corrected chi connectivity index (χ0v) is 13.1. The largest absolute Gasteiger partial charge is 0.310 e. The molecule has 1 nitrogen and oxygen atoms in total. The molecule has 2 rings (SSSR count). The van der Waals surface area contributed by atoms with Crippen molar-refractivity contribution in [2.45, 2.75) is 72.4 Å². The van der Waals surface area contributed by atoms with Crippen LogP contribution in [0.2, 0.25) is 0 Å². The Morgan fingerprint density at radius 2 is 1.63 bits per heavy atom. The lowest BCUT2D eigenvalue weighted by molar-refractivity contribution is 0.355. The highest BCUT2D eigenvalue weighted by Gasteiger charge is 2.19. The second-order valence-corrected chi connectivity index (χ2v) is 6.48. The van der Waals surface area contributed by atoms with Crippen molar-refractivity contribution in [1.82, 2.24) is 5.32 Å². The average Bonchev–Trinajstić information content (AvgIpc) is 2.53. The summed E-state index contributed by atoms with van der Waals surface area (Å²) in [4.78, 5) is 0. The third-order valence-electron chi connectivity index (χ3n) is 4.74. The van der Waals surface area contributed by atoms with Gasteiger partial charge in [0.1, 0.15) is 0 Å². The van der Waals surface area contributed by atoms with E-state index in [2.05, 4.69) is 45.1 Å². The summed E-state index contributed by atoms with van der Waals surface area (Å²) in [5, 5.41) is 3.83. The molecule has 1 saturated carbocycles. The molecule has 1 aromatic carbocycles. The van der Waals surface area contributed by atoms with Crippen molar-refractivity contribution in [3.63, 3.8) is 0 Å². The van der Waals surface area contributed by atoms with E-state index in [9.17, 15) is 0 Å². The molecule has 0 radical (unpaired) electrons. The van der Waals surface area contributed by atoms with Gasteiger partial charge in [0.25, 0.3) is 0 Å². The Morgan fingerprint density at radius 1 is 1.00 bits per heavy atom. The van der Waals surface area contributed by atoms with E-state index in [-0.39, 0.29) is 0 Å². The van der Waals surface area contributed by atoms with Crippen molar-refractivity contribution in [2.24, 2.45) is 5.92 Å². The van der Waals surface area contributed by atoms with E-state index in [1.807, 2.05) is 0 Å². The van der Waals surface area contributed by atoms with Crippen LogP contribution in [0.1, 0.15) is 61.3 Å². The van der Waals surface area contributed by atoms with E-state index < -0.39 is 0 Å². The fourth-order valence-corrected chi connectivity index (χ4v) is 3.52. The van der Waals surface area contributed by atoms with Gasteiger partial charge in [-0.1, -0.05) is 43.9 Å². The van der Waals surface area contributed by atoms with E-state index >= 15 is 0 Å². The van der Waals surface area contributed by atoms with Crippen molar-refractivity contribution >= 4 is 0 Å². The molecular weight excluding hydrogens is 230 g/mol. The van der Waals surface area contributed by atoms with Crippen molar-refractivity contribution in [3.8, 4) is 0 Å². The summed E-state index contributed by atoms with van der Waals surface area (Å²) < 4.78 is 0. The topological polar surface area (TPSA) is 12.0 Å². The first-order chi connectivity index (χ1) is 9.08. The summed E-state index contributed by atoms with van der Waals surface area (Å²) in [6.07, 6.45) is 6.98. The molecule has 0 amide bonds. The van der Waals surface area contributed by atoms with Crippen LogP contribution < -0.4 is 5.32 Å². The Bertz CT molecular complexity index is 399. The quantitative estimate of drug-likeness (QED) is 0.778. The number of hydrogen-bond acceptors (Lipinski definition) is 1. The fraction of sp³-hybridized carbons (Fsp3) is 0.667. The van der Waals surface area contributed by atoms with Crippen LogP contribution in [-0.4, -0.2) is 6.04 Å². The van der Waals surface area contributed by atoms with Gasteiger partial charge in [-0.05, 0) is 56.2 Å². The maximum absolute atomic E-state index is 3.83. The second kappa shape index (κ2) is 6.56. The smallest absolute Gasteiger partial charge is 0.0213 e. The molecule has 106 valence electrons. The first-order valence-corrected chi connectivity index (χ1v) is 7.88. The second-order valence-electron chi connectivity index (χ2n) is 6.48. The molecule has 1 aliphatic carbocycles. The molecule has 0 spiro atoms. The van der Waals surface area contributed by atoms with E-state index in [0.717, 1.165) is 12.5 Å². The van der Waals surface area contributed by atoms with E-state index in [4.69, 9.17) is 0 Å². The zero-order valence-electron chi connectivity index (χ0n) is 13.1. The minimum absolute atomic E-state index is 0.711. The molecule has 2 unspecified atom stereocenters. The number of nitrogens with one attached hydrogen (secondary N) is 1. The molecular formula is C18H29N. The predicted molar refractivity (Wildman–Crippen MR) is 83.5 cm³/mol. The van der Waals surface area contributed by atoms with Gasteiger partial charge < -0.3 is 5.32 Å². The summed E-state index contributed by atoms with van der Waals surface area (Å²) >= 11 is 0. The maximum atomic E-state index is 3.83. The zero-order chi connectivity index (χ0) is 13.8. The lowest BCUT2D eigenvalue weighted by Gasteiger charge is -2.24. The van der Waals surface area contributed by atoms with Crippen LogP contribution in [0.5, 0.6) is 0 Å². The van der Waals surface area contributed by atoms with Crippen LogP contribution in [0.4, 0.5) is 0 Å². The summed E-state index contributed by atoms with van der Waals surface area (Å²) in [6.45, 7) is 10.1. The third kappa shape index (κ3) is 3.82. The minimum Gasteiger partial charge on any atom is -0.310 e. The van der Waals surface area contributed by atoms with Gasteiger partial charge in [0.2, 0.25) is 0 Å². The molecule has 2 atom stereocenters. The molecule has 1 heteroatoms. The van der Waals surface area contributed by atoms with Gasteiger partial charge in [-0.25, -0.2) is 0 Å². The van der Waals surface area contributed by atoms with Crippen LogP contribution in [0.25, 0.3) is 0 Å². The molecule has 0 saturated heterocycles. The summed E-state index contributed by atoms with van der Waals surface area (Å²) in [5.74, 6) is 0.827. The summed E-state index contributed by atoms with van der Waals surface area (Å²) in [6, 6.07) is 5.32. The van der Waals surface area contributed by atoms with E-state index in [0.29, 0.717) is 6.04 Å². The van der Waals surface area contributed by atoms with Crippen molar-refractivity contribution < 1.29 is 0 Å². The van der Waals surface area contributed by atoms with Gasteiger partial charge in [0.05, 0.1) is 0 Å². The van der Waals surface area contributed by atoms with Gasteiger partial charge in [-0.2, -0.15) is 0 Å². The fourth-order valence-electron chi connectivity index (χ4n) is 3.52. The molecule has 1 aromatic rings. The SMILES string of the molecule is Cc1cc(C)c(CNC2CCCCCC2C)c(C)c1. The molecule has 0 aromatic heterocycles. The third-order valence-corrected chi connectivity index (χ3v) is 4.74. The molecule has 1 aliphatic rings. The predicted octanol–water partition coefficient (Wildman–Crippen LogP) is 4.67. The Hall–Kier alpha value is -0.820. The lowest BCUT2D eigenvalue weighted by Crippen LogP contribution is -2.34. The monoisotopic (exact) mass is 259 g/mol. The van der Waals surface area contributed by atoms with E-state index in [1.165, 1.54) is 54.4 Å². The van der Waals surface area contributed by atoms with Crippen molar-refractivity contribution in [3.05, 3.63) is 34.4 Å². The maximum Gasteiger partial charge on any atom is 0.0213 e. The van der Waals surface area contributed by atoms with Gasteiger partial charge >= 0.3 is 0 Å². The van der Waals surface area contributed by atoms with Crippen LogP contribution in [0.3, 0.4) is 0 Å². The lowest BCUT2D eigenvalue weighted by atomic mass is 9.95. The molecule has 1 fully saturated rings. The number of aryl methyl sites for hydroxylation is 3.